The molecule has 0 bridgehead atoms. The van der Waals surface area contributed by atoms with Crippen LogP contribution in [-0.4, -0.2) is 13.2 Å². The van der Waals surface area contributed by atoms with Crippen molar-refractivity contribution >= 4 is 21.6 Å². The zero-order valence-corrected chi connectivity index (χ0v) is 13.3. The molecule has 0 amide bonds. The number of fused-ring (bicyclic) bond motifs is 1. The molecule has 0 saturated heterocycles. The van der Waals surface area contributed by atoms with E-state index in [4.69, 9.17) is 19.9 Å². The van der Waals surface area contributed by atoms with Gasteiger partial charge in [0.25, 0.3) is 0 Å². The van der Waals surface area contributed by atoms with Crippen LogP contribution in [0.4, 0.5) is 5.69 Å². The van der Waals surface area contributed by atoms with E-state index in [1.165, 1.54) is 5.56 Å². The van der Waals surface area contributed by atoms with E-state index in [1.54, 1.807) is 6.07 Å². The molecule has 3 rings (SSSR count). The van der Waals surface area contributed by atoms with E-state index in [0.717, 1.165) is 21.5 Å². The Kier molecular flexibility index (Phi) is 3.92. The SMILES string of the molecule is Cc1ccc(OCc2cc3c(cc2N)OCCO3)c(Br)c1. The van der Waals surface area contributed by atoms with E-state index in [1.807, 2.05) is 31.2 Å². The monoisotopic (exact) mass is 349 g/mol. The van der Waals surface area contributed by atoms with Crippen LogP contribution in [0.3, 0.4) is 0 Å². The first-order valence-corrected chi connectivity index (χ1v) is 7.50. The van der Waals surface area contributed by atoms with Crippen molar-refractivity contribution in [1.82, 2.24) is 0 Å². The largest absolute Gasteiger partial charge is 0.488 e. The van der Waals surface area contributed by atoms with Crippen molar-refractivity contribution < 1.29 is 14.2 Å². The van der Waals surface area contributed by atoms with E-state index in [-0.39, 0.29) is 0 Å². The molecule has 1 heterocycles. The molecule has 110 valence electrons. The van der Waals surface area contributed by atoms with Gasteiger partial charge < -0.3 is 19.9 Å². The minimum Gasteiger partial charge on any atom is -0.488 e. The number of hydrogen-bond acceptors (Lipinski definition) is 4. The highest BCUT2D eigenvalue weighted by Gasteiger charge is 2.15. The smallest absolute Gasteiger partial charge is 0.163 e. The Bertz CT molecular complexity index is 673. The van der Waals surface area contributed by atoms with E-state index < -0.39 is 0 Å². The Morgan fingerprint density at radius 3 is 2.57 bits per heavy atom. The van der Waals surface area contributed by atoms with Gasteiger partial charge in [-0.05, 0) is 46.6 Å². The van der Waals surface area contributed by atoms with E-state index in [9.17, 15) is 0 Å². The van der Waals surface area contributed by atoms with Gasteiger partial charge in [-0.2, -0.15) is 0 Å². The average Bonchev–Trinajstić information content (AvgIpc) is 2.46. The summed E-state index contributed by atoms with van der Waals surface area (Å²) in [6.07, 6.45) is 0. The molecule has 0 atom stereocenters. The highest BCUT2D eigenvalue weighted by Crippen LogP contribution is 2.35. The number of ether oxygens (including phenoxy) is 3. The van der Waals surface area contributed by atoms with E-state index in [0.29, 0.717) is 31.3 Å². The van der Waals surface area contributed by atoms with Crippen LogP contribution in [-0.2, 0) is 6.61 Å². The van der Waals surface area contributed by atoms with Gasteiger partial charge in [-0.25, -0.2) is 0 Å². The minimum atomic E-state index is 0.379. The number of benzene rings is 2. The standard InChI is InChI=1S/C16H16BrNO3/c1-10-2-3-14(12(17)6-10)21-9-11-7-15-16(8-13(11)18)20-5-4-19-15/h2-3,6-8H,4-5,9,18H2,1H3. The lowest BCUT2D eigenvalue weighted by molar-refractivity contribution is 0.171. The van der Waals surface area contributed by atoms with Crippen LogP contribution < -0.4 is 19.9 Å². The summed E-state index contributed by atoms with van der Waals surface area (Å²) in [5, 5.41) is 0. The molecule has 0 saturated carbocycles. The fraction of sp³-hybridized carbons (Fsp3) is 0.250. The molecule has 0 spiro atoms. The third-order valence-corrected chi connectivity index (χ3v) is 3.89. The minimum absolute atomic E-state index is 0.379. The van der Waals surface area contributed by atoms with Crippen molar-refractivity contribution in [3.63, 3.8) is 0 Å². The zero-order valence-electron chi connectivity index (χ0n) is 11.7. The van der Waals surface area contributed by atoms with Crippen LogP contribution in [0.2, 0.25) is 0 Å². The predicted octanol–water partition coefficient (Wildman–Crippen LogP) is 3.69. The highest BCUT2D eigenvalue weighted by molar-refractivity contribution is 9.10. The molecule has 2 aromatic carbocycles. The maximum atomic E-state index is 6.04. The molecule has 0 radical (unpaired) electrons. The Balaban J connectivity index is 1.78. The second-order valence-electron chi connectivity index (χ2n) is 4.92. The summed E-state index contributed by atoms with van der Waals surface area (Å²) in [4.78, 5) is 0. The topological polar surface area (TPSA) is 53.7 Å². The average molecular weight is 350 g/mol. The normalized spacial score (nSPS) is 13.0. The second kappa shape index (κ2) is 5.85. The summed E-state index contributed by atoms with van der Waals surface area (Å²) >= 11 is 3.50. The first-order chi connectivity index (χ1) is 10.1. The van der Waals surface area contributed by atoms with Crippen molar-refractivity contribution in [2.45, 2.75) is 13.5 Å². The summed E-state index contributed by atoms with van der Waals surface area (Å²) in [6, 6.07) is 9.63. The predicted molar refractivity (Wildman–Crippen MR) is 85.1 cm³/mol. The molecule has 21 heavy (non-hydrogen) atoms. The van der Waals surface area contributed by atoms with Crippen molar-refractivity contribution in [2.75, 3.05) is 18.9 Å². The van der Waals surface area contributed by atoms with Gasteiger partial charge in [0.2, 0.25) is 0 Å². The Morgan fingerprint density at radius 1 is 1.14 bits per heavy atom. The molecular formula is C16H16BrNO3. The summed E-state index contributed by atoms with van der Waals surface area (Å²) in [6.45, 7) is 3.52. The molecular weight excluding hydrogens is 334 g/mol. The molecule has 4 nitrogen and oxygen atoms in total. The zero-order chi connectivity index (χ0) is 14.8. The lowest BCUT2D eigenvalue weighted by atomic mass is 10.1. The summed E-state index contributed by atoms with van der Waals surface area (Å²) in [7, 11) is 0. The van der Waals surface area contributed by atoms with Gasteiger partial charge in [0.15, 0.2) is 11.5 Å². The van der Waals surface area contributed by atoms with Gasteiger partial charge in [-0.3, -0.25) is 0 Å². The van der Waals surface area contributed by atoms with Gasteiger partial charge in [0.05, 0.1) is 4.47 Å². The first kappa shape index (κ1) is 14.1. The molecule has 2 N–H and O–H groups in total. The van der Waals surface area contributed by atoms with Gasteiger partial charge >= 0.3 is 0 Å². The fourth-order valence-corrected chi connectivity index (χ4v) is 2.76. The second-order valence-corrected chi connectivity index (χ2v) is 5.77. The molecule has 0 fully saturated rings. The van der Waals surface area contributed by atoms with E-state index >= 15 is 0 Å². The van der Waals surface area contributed by atoms with Crippen molar-refractivity contribution in [3.05, 3.63) is 45.9 Å². The van der Waals surface area contributed by atoms with Gasteiger partial charge in [0, 0.05) is 17.3 Å². The quantitative estimate of drug-likeness (QED) is 0.858. The number of anilines is 1. The van der Waals surface area contributed by atoms with Crippen LogP contribution in [0, 0.1) is 6.92 Å². The lowest BCUT2D eigenvalue weighted by Gasteiger charge is -2.20. The number of nitrogen functional groups attached to an aromatic ring is 1. The molecule has 2 aromatic rings. The van der Waals surface area contributed by atoms with Gasteiger partial charge in [-0.1, -0.05) is 6.07 Å². The molecule has 1 aliphatic heterocycles. The molecule has 0 unspecified atom stereocenters. The van der Waals surface area contributed by atoms with Crippen LogP contribution in [0.15, 0.2) is 34.8 Å². The van der Waals surface area contributed by atoms with Crippen molar-refractivity contribution in [2.24, 2.45) is 0 Å². The number of rotatable bonds is 3. The molecule has 5 heteroatoms. The first-order valence-electron chi connectivity index (χ1n) is 6.70. The van der Waals surface area contributed by atoms with Crippen molar-refractivity contribution in [1.29, 1.82) is 0 Å². The van der Waals surface area contributed by atoms with Crippen LogP contribution >= 0.6 is 15.9 Å². The Morgan fingerprint density at radius 2 is 1.86 bits per heavy atom. The van der Waals surface area contributed by atoms with Gasteiger partial charge in [-0.15, -0.1) is 0 Å². The number of aryl methyl sites for hydroxylation is 1. The highest BCUT2D eigenvalue weighted by atomic mass is 79.9. The number of halogens is 1. The maximum Gasteiger partial charge on any atom is 0.163 e. The Hall–Kier alpha value is -1.88. The maximum absolute atomic E-state index is 6.04. The summed E-state index contributed by atoms with van der Waals surface area (Å²) < 4.78 is 17.8. The summed E-state index contributed by atoms with van der Waals surface area (Å²) in [5.74, 6) is 2.20. The number of nitrogens with two attached hydrogens (primary N) is 1. The van der Waals surface area contributed by atoms with Gasteiger partial charge in [0.1, 0.15) is 25.6 Å². The fourth-order valence-electron chi connectivity index (χ4n) is 2.15. The third kappa shape index (κ3) is 3.08. The molecule has 0 aliphatic carbocycles. The molecule has 1 aliphatic rings. The number of hydrogen-bond donors (Lipinski definition) is 1. The lowest BCUT2D eigenvalue weighted by Crippen LogP contribution is -2.16. The third-order valence-electron chi connectivity index (χ3n) is 3.27. The van der Waals surface area contributed by atoms with E-state index in [2.05, 4.69) is 15.9 Å². The summed E-state index contributed by atoms with van der Waals surface area (Å²) in [5.41, 5.74) is 8.74. The Labute approximate surface area is 131 Å². The van der Waals surface area contributed by atoms with Crippen LogP contribution in [0.25, 0.3) is 0 Å². The van der Waals surface area contributed by atoms with Crippen LogP contribution in [0.1, 0.15) is 11.1 Å². The molecule has 0 aromatic heterocycles. The van der Waals surface area contributed by atoms with Crippen molar-refractivity contribution in [3.8, 4) is 17.2 Å². The van der Waals surface area contributed by atoms with Crippen LogP contribution in [0.5, 0.6) is 17.2 Å².